The van der Waals surface area contributed by atoms with E-state index in [1.54, 1.807) is 19.1 Å². The van der Waals surface area contributed by atoms with E-state index in [0.717, 1.165) is 22.6 Å². The first-order valence-corrected chi connectivity index (χ1v) is 6.55. The topological polar surface area (TPSA) is 55.2 Å². The van der Waals surface area contributed by atoms with Gasteiger partial charge in [0.15, 0.2) is 0 Å². The zero-order valence-electron chi connectivity index (χ0n) is 9.70. The second kappa shape index (κ2) is 5.04. The van der Waals surface area contributed by atoms with Crippen molar-refractivity contribution >= 4 is 27.3 Å². The third-order valence-electron chi connectivity index (χ3n) is 3.29. The summed E-state index contributed by atoms with van der Waals surface area (Å²) in [6, 6.07) is 3.40. The number of benzene rings is 1. The Labute approximate surface area is 109 Å². The van der Waals surface area contributed by atoms with E-state index in [1.165, 1.54) is 19.3 Å². The summed E-state index contributed by atoms with van der Waals surface area (Å²) in [5, 5.41) is 14.1. The number of nitrogens with one attached hydrogen (secondary N) is 1. The molecule has 5 heteroatoms. The van der Waals surface area contributed by atoms with Crippen LogP contribution in [-0.4, -0.2) is 11.5 Å². The maximum Gasteiger partial charge on any atom is 0.274 e. The molecule has 1 N–H and O–H groups in total. The van der Waals surface area contributed by atoms with Crippen molar-refractivity contribution in [3.8, 4) is 0 Å². The highest BCUT2D eigenvalue weighted by Gasteiger charge is 2.19. The quantitative estimate of drug-likeness (QED) is 0.678. The van der Waals surface area contributed by atoms with Gasteiger partial charge in [0.25, 0.3) is 5.69 Å². The van der Waals surface area contributed by atoms with E-state index in [1.807, 2.05) is 0 Å². The van der Waals surface area contributed by atoms with Crippen LogP contribution in [0, 0.1) is 23.0 Å². The fraction of sp³-hybridized carbons (Fsp3) is 0.500. The summed E-state index contributed by atoms with van der Waals surface area (Å²) < 4.78 is 0.889. The molecule has 2 rings (SSSR count). The maximum absolute atomic E-state index is 10.9. The molecule has 0 radical (unpaired) electrons. The summed E-state index contributed by atoms with van der Waals surface area (Å²) in [6.07, 6.45) is 3.83. The van der Waals surface area contributed by atoms with Gasteiger partial charge in [-0.3, -0.25) is 10.1 Å². The SMILES string of the molecule is Cc1cc(Br)c(NCC2CCC2)cc1[N+](=O)[O-]. The van der Waals surface area contributed by atoms with E-state index < -0.39 is 0 Å². The first-order valence-electron chi connectivity index (χ1n) is 5.76. The molecule has 0 spiro atoms. The van der Waals surface area contributed by atoms with E-state index >= 15 is 0 Å². The fourth-order valence-electron chi connectivity index (χ4n) is 1.94. The molecule has 1 aromatic carbocycles. The largest absolute Gasteiger partial charge is 0.384 e. The third kappa shape index (κ3) is 2.77. The van der Waals surface area contributed by atoms with Crippen LogP contribution in [0.15, 0.2) is 16.6 Å². The molecule has 4 nitrogen and oxygen atoms in total. The Bertz CT molecular complexity index is 444. The summed E-state index contributed by atoms with van der Waals surface area (Å²) in [5.74, 6) is 0.724. The molecule has 92 valence electrons. The van der Waals surface area contributed by atoms with E-state index in [9.17, 15) is 10.1 Å². The maximum atomic E-state index is 10.9. The zero-order valence-corrected chi connectivity index (χ0v) is 11.3. The van der Waals surface area contributed by atoms with Crippen LogP contribution < -0.4 is 5.32 Å². The molecule has 1 saturated carbocycles. The fourth-order valence-corrected chi connectivity index (χ4v) is 2.54. The van der Waals surface area contributed by atoms with Gasteiger partial charge in [-0.15, -0.1) is 0 Å². The average Bonchev–Trinajstić information content (AvgIpc) is 2.18. The van der Waals surface area contributed by atoms with Crippen molar-refractivity contribution < 1.29 is 4.92 Å². The lowest BCUT2D eigenvalue weighted by Gasteiger charge is -2.26. The predicted molar refractivity (Wildman–Crippen MR) is 71.4 cm³/mol. The Morgan fingerprint density at radius 2 is 2.24 bits per heavy atom. The van der Waals surface area contributed by atoms with Crippen molar-refractivity contribution in [3.63, 3.8) is 0 Å². The van der Waals surface area contributed by atoms with Crippen molar-refractivity contribution in [2.24, 2.45) is 5.92 Å². The van der Waals surface area contributed by atoms with Gasteiger partial charge in [0, 0.05) is 22.6 Å². The number of aryl methyl sites for hydroxylation is 1. The molecule has 17 heavy (non-hydrogen) atoms. The molecule has 0 unspecified atom stereocenters. The van der Waals surface area contributed by atoms with Crippen molar-refractivity contribution in [3.05, 3.63) is 32.3 Å². The monoisotopic (exact) mass is 298 g/mol. The van der Waals surface area contributed by atoms with Crippen LogP contribution in [0.25, 0.3) is 0 Å². The number of halogens is 1. The number of nitro benzene ring substituents is 1. The number of nitrogens with zero attached hydrogens (tertiary/aromatic N) is 1. The zero-order chi connectivity index (χ0) is 12.4. The van der Waals surface area contributed by atoms with Gasteiger partial charge < -0.3 is 5.32 Å². The van der Waals surface area contributed by atoms with E-state index in [-0.39, 0.29) is 10.6 Å². The van der Waals surface area contributed by atoms with Crippen LogP contribution in [0.1, 0.15) is 24.8 Å². The molecule has 0 heterocycles. The van der Waals surface area contributed by atoms with Gasteiger partial charge in [0.2, 0.25) is 0 Å². The molecular formula is C12H15BrN2O2. The van der Waals surface area contributed by atoms with Gasteiger partial charge in [-0.2, -0.15) is 0 Å². The molecule has 1 fully saturated rings. The van der Waals surface area contributed by atoms with Crippen LogP contribution in [0.5, 0.6) is 0 Å². The van der Waals surface area contributed by atoms with Crippen LogP contribution >= 0.6 is 15.9 Å². The highest BCUT2D eigenvalue weighted by molar-refractivity contribution is 9.10. The third-order valence-corrected chi connectivity index (χ3v) is 3.94. The first-order chi connectivity index (χ1) is 8.08. The van der Waals surface area contributed by atoms with Crippen LogP contribution in [0.4, 0.5) is 11.4 Å². The number of hydrogen-bond acceptors (Lipinski definition) is 3. The minimum absolute atomic E-state index is 0.171. The molecule has 0 atom stereocenters. The van der Waals surface area contributed by atoms with Crippen molar-refractivity contribution in [2.45, 2.75) is 26.2 Å². The molecule has 1 aromatic rings. The minimum Gasteiger partial charge on any atom is -0.384 e. The molecule has 0 aliphatic heterocycles. The Morgan fingerprint density at radius 1 is 1.53 bits per heavy atom. The normalized spacial score (nSPS) is 15.4. The summed E-state index contributed by atoms with van der Waals surface area (Å²) in [6.45, 7) is 2.65. The highest BCUT2D eigenvalue weighted by Crippen LogP contribution is 2.32. The summed E-state index contributed by atoms with van der Waals surface area (Å²) >= 11 is 3.44. The van der Waals surface area contributed by atoms with Crippen LogP contribution in [-0.2, 0) is 0 Å². The Kier molecular flexibility index (Phi) is 3.66. The second-order valence-corrected chi connectivity index (χ2v) is 5.41. The average molecular weight is 299 g/mol. The smallest absolute Gasteiger partial charge is 0.274 e. The van der Waals surface area contributed by atoms with E-state index in [0.29, 0.717) is 5.56 Å². The lowest BCUT2D eigenvalue weighted by atomic mass is 9.85. The van der Waals surface area contributed by atoms with Crippen LogP contribution in [0.3, 0.4) is 0 Å². The Hall–Kier alpha value is -1.10. The van der Waals surface area contributed by atoms with Gasteiger partial charge in [0.1, 0.15) is 0 Å². The van der Waals surface area contributed by atoms with E-state index in [4.69, 9.17) is 0 Å². The number of nitro groups is 1. The predicted octanol–water partition coefficient (Wildman–Crippen LogP) is 3.88. The molecule has 0 bridgehead atoms. The molecule has 1 aliphatic carbocycles. The second-order valence-electron chi connectivity index (χ2n) is 4.55. The highest BCUT2D eigenvalue weighted by atomic mass is 79.9. The lowest BCUT2D eigenvalue weighted by Crippen LogP contribution is -2.21. The summed E-state index contributed by atoms with van der Waals surface area (Å²) in [5.41, 5.74) is 1.66. The lowest BCUT2D eigenvalue weighted by molar-refractivity contribution is -0.385. The number of hydrogen-bond donors (Lipinski definition) is 1. The van der Waals surface area contributed by atoms with Gasteiger partial charge in [-0.25, -0.2) is 0 Å². The summed E-state index contributed by atoms with van der Waals surface area (Å²) in [7, 11) is 0. The van der Waals surface area contributed by atoms with Crippen molar-refractivity contribution in [1.82, 2.24) is 0 Å². The summed E-state index contributed by atoms with van der Waals surface area (Å²) in [4.78, 5) is 10.5. The Balaban J connectivity index is 2.14. The molecule has 1 aliphatic rings. The standard InChI is InChI=1S/C12H15BrN2O2/c1-8-5-10(13)11(6-12(8)15(16)17)14-7-9-3-2-4-9/h5-6,9,14H,2-4,7H2,1H3. The van der Waals surface area contributed by atoms with Gasteiger partial charge >= 0.3 is 0 Å². The van der Waals surface area contributed by atoms with Gasteiger partial charge in [0.05, 0.1) is 10.6 Å². The van der Waals surface area contributed by atoms with Gasteiger partial charge in [-0.1, -0.05) is 6.42 Å². The number of rotatable bonds is 4. The first kappa shape index (κ1) is 12.4. The minimum atomic E-state index is -0.337. The molecular weight excluding hydrogens is 284 g/mol. The van der Waals surface area contributed by atoms with Crippen molar-refractivity contribution in [1.29, 1.82) is 0 Å². The van der Waals surface area contributed by atoms with Crippen LogP contribution in [0.2, 0.25) is 0 Å². The van der Waals surface area contributed by atoms with Gasteiger partial charge in [-0.05, 0) is 47.7 Å². The van der Waals surface area contributed by atoms with Crippen molar-refractivity contribution in [2.75, 3.05) is 11.9 Å². The van der Waals surface area contributed by atoms with E-state index in [2.05, 4.69) is 21.2 Å². The number of anilines is 1. The molecule has 0 saturated heterocycles. The Morgan fingerprint density at radius 3 is 2.76 bits per heavy atom. The molecule has 0 amide bonds. The molecule has 0 aromatic heterocycles.